The van der Waals surface area contributed by atoms with Gasteiger partial charge in [-0.3, -0.25) is 4.79 Å². The third-order valence-electron chi connectivity index (χ3n) is 7.48. The van der Waals surface area contributed by atoms with Crippen molar-refractivity contribution in [2.24, 2.45) is 0 Å². The summed E-state index contributed by atoms with van der Waals surface area (Å²) in [5.41, 5.74) is 0. The third-order valence-corrected chi connectivity index (χ3v) is 7.48. The van der Waals surface area contributed by atoms with E-state index in [2.05, 4.69) is 13.8 Å². The average molecular weight is 481 g/mol. The second-order valence-corrected chi connectivity index (χ2v) is 11.0. The largest absolute Gasteiger partial charge is 0.385 e. The molecule has 0 saturated heterocycles. The molecule has 0 fully saturated rings. The van der Waals surface area contributed by atoms with E-state index in [4.69, 9.17) is 0 Å². The molecule has 204 valence electrons. The Morgan fingerprint density at radius 1 is 0.441 bits per heavy atom. The van der Waals surface area contributed by atoms with Crippen LogP contribution in [0.3, 0.4) is 0 Å². The van der Waals surface area contributed by atoms with Gasteiger partial charge >= 0.3 is 0 Å². The van der Waals surface area contributed by atoms with Crippen LogP contribution in [-0.4, -0.2) is 17.0 Å². The van der Waals surface area contributed by atoms with Crippen molar-refractivity contribution in [2.75, 3.05) is 0 Å². The van der Waals surface area contributed by atoms with Gasteiger partial charge in [-0.25, -0.2) is 0 Å². The first-order chi connectivity index (χ1) is 16.7. The highest BCUT2D eigenvalue weighted by Gasteiger charge is 2.13. The van der Waals surface area contributed by atoms with E-state index in [1.807, 2.05) is 0 Å². The minimum atomic E-state index is -0.704. The van der Waals surface area contributed by atoms with Crippen LogP contribution in [0.5, 0.6) is 0 Å². The number of Topliss-reactive ketones (excluding diaryl/α,β-unsaturated/α-hetero) is 1. The molecule has 2 nitrogen and oxygen atoms in total. The fourth-order valence-electron chi connectivity index (χ4n) is 5.00. The molecule has 0 heterocycles. The first-order valence-corrected chi connectivity index (χ1v) is 15.9. The van der Waals surface area contributed by atoms with Crippen molar-refractivity contribution < 1.29 is 9.90 Å². The van der Waals surface area contributed by atoms with Gasteiger partial charge in [0.2, 0.25) is 0 Å². The number of aliphatic hydroxyl groups excluding tert-OH is 1. The number of unbranched alkanes of at least 4 members (excludes halogenated alkanes) is 24. The monoisotopic (exact) mass is 480 g/mol. The molecule has 1 unspecified atom stereocenters. The molecule has 34 heavy (non-hydrogen) atoms. The Balaban J connectivity index is 3.29. The molecule has 0 aromatic heterocycles. The smallest absolute Gasteiger partial charge is 0.161 e. The van der Waals surface area contributed by atoms with Gasteiger partial charge in [0.15, 0.2) is 5.78 Å². The van der Waals surface area contributed by atoms with Gasteiger partial charge in [-0.05, 0) is 12.8 Å². The molecule has 1 N–H and O–H groups in total. The molecular weight excluding hydrogens is 416 g/mol. The summed E-state index contributed by atoms with van der Waals surface area (Å²) in [4.78, 5) is 12.1. The van der Waals surface area contributed by atoms with Gasteiger partial charge < -0.3 is 5.11 Å². The number of carbonyl (C=O) groups is 1. The molecule has 0 aromatic carbocycles. The van der Waals surface area contributed by atoms with Crippen molar-refractivity contribution in [2.45, 2.75) is 200 Å². The summed E-state index contributed by atoms with van der Waals surface area (Å²) in [6.07, 6.45) is 35.1. The van der Waals surface area contributed by atoms with E-state index in [1.165, 1.54) is 148 Å². The molecule has 0 aromatic rings. The highest BCUT2D eigenvalue weighted by Crippen LogP contribution is 2.16. The molecule has 0 radical (unpaired) electrons. The number of rotatable bonds is 29. The van der Waals surface area contributed by atoms with Gasteiger partial charge in [0, 0.05) is 6.42 Å². The number of ketones is 1. The van der Waals surface area contributed by atoms with E-state index in [0.717, 1.165) is 19.3 Å². The van der Waals surface area contributed by atoms with Crippen LogP contribution in [0.4, 0.5) is 0 Å². The number of hydrogen-bond donors (Lipinski definition) is 1. The lowest BCUT2D eigenvalue weighted by molar-refractivity contribution is -0.127. The van der Waals surface area contributed by atoms with E-state index in [0.29, 0.717) is 12.8 Å². The Labute approximate surface area is 215 Å². The zero-order valence-corrected chi connectivity index (χ0v) is 23.7. The van der Waals surface area contributed by atoms with Crippen molar-refractivity contribution in [1.29, 1.82) is 0 Å². The second-order valence-electron chi connectivity index (χ2n) is 11.0. The van der Waals surface area contributed by atoms with Crippen molar-refractivity contribution in [3.63, 3.8) is 0 Å². The highest BCUT2D eigenvalue weighted by atomic mass is 16.3. The topological polar surface area (TPSA) is 37.3 Å². The lowest BCUT2D eigenvalue weighted by Crippen LogP contribution is -2.19. The Morgan fingerprint density at radius 3 is 1.03 bits per heavy atom. The maximum Gasteiger partial charge on any atom is 0.161 e. The maximum atomic E-state index is 12.1. The fourth-order valence-corrected chi connectivity index (χ4v) is 5.00. The van der Waals surface area contributed by atoms with Crippen molar-refractivity contribution in [3.05, 3.63) is 0 Å². The maximum absolute atomic E-state index is 12.1. The SMILES string of the molecule is CCCCCCCCCCCCCCCC(=O)C(O)CCCCCCCCCCCCCCC. The Morgan fingerprint density at radius 2 is 0.706 bits per heavy atom. The average Bonchev–Trinajstić information content (AvgIpc) is 2.84. The van der Waals surface area contributed by atoms with E-state index >= 15 is 0 Å². The van der Waals surface area contributed by atoms with Gasteiger partial charge in [0.05, 0.1) is 0 Å². The van der Waals surface area contributed by atoms with Gasteiger partial charge in [-0.15, -0.1) is 0 Å². The molecule has 0 aliphatic heterocycles. The molecule has 2 heteroatoms. The predicted molar refractivity (Wildman–Crippen MR) is 152 cm³/mol. The molecule has 1 atom stereocenters. The van der Waals surface area contributed by atoms with Crippen LogP contribution in [-0.2, 0) is 4.79 Å². The lowest BCUT2D eigenvalue weighted by atomic mass is 10.00. The molecule has 0 aliphatic rings. The molecular formula is C32H64O2. The standard InChI is InChI=1S/C32H64O2/c1-3-5-7-9-11-13-15-17-19-21-23-25-27-29-31(33)32(34)30-28-26-24-22-20-18-16-14-12-10-8-6-4-2/h31,33H,3-30H2,1-2H3. The Kier molecular flexibility index (Phi) is 28.6. The van der Waals surface area contributed by atoms with E-state index in [-0.39, 0.29) is 5.78 Å². The summed E-state index contributed by atoms with van der Waals surface area (Å²) in [5, 5.41) is 10.1. The van der Waals surface area contributed by atoms with Crippen LogP contribution in [0.25, 0.3) is 0 Å². The van der Waals surface area contributed by atoms with Crippen LogP contribution in [0.1, 0.15) is 194 Å². The fraction of sp³-hybridized carbons (Fsp3) is 0.969. The minimum Gasteiger partial charge on any atom is -0.385 e. The number of carbonyl (C=O) groups excluding carboxylic acids is 1. The van der Waals surface area contributed by atoms with Crippen LogP contribution in [0.15, 0.2) is 0 Å². The Hall–Kier alpha value is -0.370. The van der Waals surface area contributed by atoms with Gasteiger partial charge in [-0.2, -0.15) is 0 Å². The quantitative estimate of drug-likeness (QED) is 0.108. The van der Waals surface area contributed by atoms with Crippen LogP contribution < -0.4 is 0 Å². The number of aliphatic hydroxyl groups is 1. The predicted octanol–water partition coefficient (Wildman–Crippen LogP) is 10.9. The van der Waals surface area contributed by atoms with Gasteiger partial charge in [0.1, 0.15) is 6.10 Å². The van der Waals surface area contributed by atoms with Crippen LogP contribution in [0, 0.1) is 0 Å². The molecule has 0 amide bonds. The van der Waals surface area contributed by atoms with Crippen LogP contribution in [0.2, 0.25) is 0 Å². The zero-order chi connectivity index (χ0) is 25.0. The second kappa shape index (κ2) is 28.9. The van der Waals surface area contributed by atoms with Crippen LogP contribution >= 0.6 is 0 Å². The summed E-state index contributed by atoms with van der Waals surface area (Å²) < 4.78 is 0. The summed E-state index contributed by atoms with van der Waals surface area (Å²) in [7, 11) is 0. The lowest BCUT2D eigenvalue weighted by Gasteiger charge is -2.09. The van der Waals surface area contributed by atoms with E-state index in [1.54, 1.807) is 0 Å². The summed E-state index contributed by atoms with van der Waals surface area (Å²) in [5.74, 6) is 0.0852. The third kappa shape index (κ3) is 26.2. The van der Waals surface area contributed by atoms with Crippen molar-refractivity contribution in [3.8, 4) is 0 Å². The van der Waals surface area contributed by atoms with Crippen molar-refractivity contribution >= 4 is 5.78 Å². The molecule has 0 saturated carbocycles. The molecule has 0 spiro atoms. The van der Waals surface area contributed by atoms with Crippen molar-refractivity contribution in [1.82, 2.24) is 0 Å². The zero-order valence-electron chi connectivity index (χ0n) is 23.7. The van der Waals surface area contributed by atoms with Gasteiger partial charge in [0.25, 0.3) is 0 Å². The normalized spacial score (nSPS) is 12.3. The number of hydrogen-bond acceptors (Lipinski definition) is 2. The van der Waals surface area contributed by atoms with Gasteiger partial charge in [-0.1, -0.05) is 174 Å². The van der Waals surface area contributed by atoms with E-state index in [9.17, 15) is 9.90 Å². The molecule has 0 bridgehead atoms. The minimum absolute atomic E-state index is 0.0852. The first-order valence-electron chi connectivity index (χ1n) is 15.9. The molecule has 0 rings (SSSR count). The highest BCUT2D eigenvalue weighted by molar-refractivity contribution is 5.82. The summed E-state index contributed by atoms with van der Waals surface area (Å²) in [6.45, 7) is 4.55. The molecule has 0 aliphatic carbocycles. The van der Waals surface area contributed by atoms with E-state index < -0.39 is 6.10 Å². The summed E-state index contributed by atoms with van der Waals surface area (Å²) in [6, 6.07) is 0. The Bertz CT molecular complexity index is 392. The first kappa shape index (κ1) is 33.6. The summed E-state index contributed by atoms with van der Waals surface area (Å²) >= 11 is 0.